The van der Waals surface area contributed by atoms with Crippen LogP contribution in [-0.4, -0.2) is 18.3 Å². The molecule has 0 spiro atoms. The first-order valence-corrected chi connectivity index (χ1v) is 6.53. The molecule has 1 amide bonds. The van der Waals surface area contributed by atoms with Gasteiger partial charge >= 0.3 is 0 Å². The number of carbonyl (C=O) groups excluding carboxylic acids is 1. The maximum atomic E-state index is 11.5. The molecule has 0 aliphatic heterocycles. The summed E-state index contributed by atoms with van der Waals surface area (Å²) in [6, 6.07) is 6.61. The van der Waals surface area contributed by atoms with Crippen molar-refractivity contribution in [2.75, 3.05) is 17.7 Å². The molecule has 0 saturated heterocycles. The van der Waals surface area contributed by atoms with Crippen LogP contribution in [0.1, 0.15) is 0 Å². The second-order valence-corrected chi connectivity index (χ2v) is 4.67. The molecular formula is C12H10Cl3N3O. The lowest BCUT2D eigenvalue weighted by Crippen LogP contribution is -2.26. The number of hydrogen-bond acceptors (Lipinski definition) is 3. The Labute approximate surface area is 125 Å². The fourth-order valence-electron chi connectivity index (χ4n) is 1.20. The van der Waals surface area contributed by atoms with Crippen molar-refractivity contribution >= 4 is 46.4 Å². The monoisotopic (exact) mass is 317 g/mol. The van der Waals surface area contributed by atoms with E-state index in [9.17, 15) is 4.79 Å². The van der Waals surface area contributed by atoms with Gasteiger partial charge in [0, 0.05) is 34.4 Å². The van der Waals surface area contributed by atoms with Gasteiger partial charge in [-0.25, -0.2) is 0 Å². The summed E-state index contributed by atoms with van der Waals surface area (Å²) in [5.74, 6) is -0.217. The van der Waals surface area contributed by atoms with E-state index in [2.05, 4.69) is 10.6 Å². The maximum absolute atomic E-state index is 11.5. The number of nitrogens with zero attached hydrogens (tertiary/aromatic N) is 1. The van der Waals surface area contributed by atoms with Crippen LogP contribution in [0.5, 0.6) is 0 Å². The molecule has 4 nitrogen and oxygen atoms in total. The summed E-state index contributed by atoms with van der Waals surface area (Å²) in [4.78, 5) is 11.5. The van der Waals surface area contributed by atoms with Crippen LogP contribution in [0.2, 0.25) is 10.0 Å². The van der Waals surface area contributed by atoms with Crippen molar-refractivity contribution in [1.82, 2.24) is 5.32 Å². The predicted octanol–water partition coefficient (Wildman–Crippen LogP) is 3.17. The molecule has 0 bridgehead atoms. The van der Waals surface area contributed by atoms with E-state index in [0.717, 1.165) is 0 Å². The number of benzene rings is 1. The second kappa shape index (κ2) is 7.90. The number of rotatable bonds is 5. The standard InChI is InChI=1S/C12H10Cl3N3O/c13-1-2-17-12(19)8(6-16)7-18-11-4-9(14)3-10(15)5-11/h3-5,7,18H,1-2H2,(H,17,19)/b8-7-. The van der Waals surface area contributed by atoms with Gasteiger partial charge in [0.05, 0.1) is 0 Å². The molecule has 0 fully saturated rings. The lowest BCUT2D eigenvalue weighted by molar-refractivity contribution is -0.117. The number of alkyl halides is 1. The highest BCUT2D eigenvalue weighted by molar-refractivity contribution is 6.35. The van der Waals surface area contributed by atoms with Gasteiger partial charge in [-0.1, -0.05) is 23.2 Å². The molecule has 0 atom stereocenters. The van der Waals surface area contributed by atoms with Gasteiger partial charge in [-0.05, 0) is 18.2 Å². The van der Waals surface area contributed by atoms with E-state index in [0.29, 0.717) is 22.3 Å². The first-order chi connectivity index (χ1) is 9.06. The third-order valence-corrected chi connectivity index (χ3v) is 2.62. The predicted molar refractivity (Wildman–Crippen MR) is 77.5 cm³/mol. The number of anilines is 1. The van der Waals surface area contributed by atoms with Crippen molar-refractivity contribution in [3.05, 3.63) is 40.0 Å². The highest BCUT2D eigenvalue weighted by Crippen LogP contribution is 2.22. The molecule has 1 rings (SSSR count). The van der Waals surface area contributed by atoms with E-state index < -0.39 is 5.91 Å². The fourth-order valence-corrected chi connectivity index (χ4v) is 1.82. The molecule has 1 aromatic rings. The van der Waals surface area contributed by atoms with Crippen LogP contribution >= 0.6 is 34.8 Å². The van der Waals surface area contributed by atoms with Gasteiger partial charge in [-0.2, -0.15) is 5.26 Å². The van der Waals surface area contributed by atoms with Gasteiger partial charge in [-0.15, -0.1) is 11.6 Å². The molecule has 7 heteroatoms. The van der Waals surface area contributed by atoms with Crippen molar-refractivity contribution < 1.29 is 4.79 Å². The normalized spacial score (nSPS) is 10.7. The lowest BCUT2D eigenvalue weighted by atomic mass is 10.3. The third kappa shape index (κ3) is 5.39. The summed E-state index contributed by atoms with van der Waals surface area (Å²) in [6.45, 7) is 0.294. The molecule has 2 N–H and O–H groups in total. The molecule has 0 saturated carbocycles. The minimum atomic E-state index is -0.497. The number of carbonyl (C=O) groups is 1. The second-order valence-electron chi connectivity index (χ2n) is 3.42. The van der Waals surface area contributed by atoms with Gasteiger partial charge in [0.25, 0.3) is 5.91 Å². The number of nitrogens with one attached hydrogen (secondary N) is 2. The smallest absolute Gasteiger partial charge is 0.263 e. The molecule has 0 aliphatic carbocycles. The number of halogens is 3. The van der Waals surface area contributed by atoms with Crippen LogP contribution in [0.4, 0.5) is 5.69 Å². The zero-order valence-corrected chi connectivity index (χ0v) is 12.0. The lowest BCUT2D eigenvalue weighted by Gasteiger charge is -2.04. The Balaban J connectivity index is 2.77. The molecular weight excluding hydrogens is 309 g/mol. The van der Waals surface area contributed by atoms with E-state index in [1.54, 1.807) is 24.3 Å². The van der Waals surface area contributed by atoms with E-state index in [1.807, 2.05) is 0 Å². The molecule has 0 aliphatic rings. The average Bonchev–Trinajstić information content (AvgIpc) is 2.35. The van der Waals surface area contributed by atoms with Crippen molar-refractivity contribution in [2.45, 2.75) is 0 Å². The molecule has 0 heterocycles. The summed E-state index contributed by atoms with van der Waals surface area (Å²) in [5, 5.41) is 15.1. The highest BCUT2D eigenvalue weighted by atomic mass is 35.5. The minimum absolute atomic E-state index is 0.0683. The van der Waals surface area contributed by atoms with Gasteiger partial charge in [-0.3, -0.25) is 4.79 Å². The Morgan fingerprint density at radius 3 is 2.47 bits per heavy atom. The molecule has 100 valence electrons. The van der Waals surface area contributed by atoms with Crippen LogP contribution in [0.15, 0.2) is 30.0 Å². The number of amides is 1. The highest BCUT2D eigenvalue weighted by Gasteiger charge is 2.07. The average molecular weight is 319 g/mol. The Hall–Kier alpha value is -1.41. The van der Waals surface area contributed by atoms with Crippen LogP contribution in [0.3, 0.4) is 0 Å². The van der Waals surface area contributed by atoms with Crippen molar-refractivity contribution in [3.63, 3.8) is 0 Å². The Morgan fingerprint density at radius 1 is 1.32 bits per heavy atom. The van der Waals surface area contributed by atoms with Crippen molar-refractivity contribution in [3.8, 4) is 6.07 Å². The minimum Gasteiger partial charge on any atom is -0.360 e. The number of hydrogen-bond donors (Lipinski definition) is 2. The SMILES string of the molecule is N#C/C(=C/Nc1cc(Cl)cc(Cl)c1)C(=O)NCCCl. The van der Waals surface area contributed by atoms with E-state index in [4.69, 9.17) is 40.1 Å². The third-order valence-electron chi connectivity index (χ3n) is 1.99. The zero-order chi connectivity index (χ0) is 14.3. The van der Waals surface area contributed by atoms with Crippen molar-refractivity contribution in [2.24, 2.45) is 0 Å². The van der Waals surface area contributed by atoms with Gasteiger partial charge < -0.3 is 10.6 Å². The molecule has 0 aromatic heterocycles. The Kier molecular flexibility index (Phi) is 6.51. The van der Waals surface area contributed by atoms with Gasteiger partial charge in [0.1, 0.15) is 11.6 Å². The largest absolute Gasteiger partial charge is 0.360 e. The summed E-state index contributed by atoms with van der Waals surface area (Å²) >= 11 is 17.1. The Morgan fingerprint density at radius 2 is 1.95 bits per heavy atom. The van der Waals surface area contributed by atoms with E-state index >= 15 is 0 Å². The van der Waals surface area contributed by atoms with Gasteiger partial charge in [0.2, 0.25) is 0 Å². The van der Waals surface area contributed by atoms with E-state index in [1.165, 1.54) is 6.20 Å². The summed E-state index contributed by atoms with van der Waals surface area (Å²) in [6.07, 6.45) is 1.28. The summed E-state index contributed by atoms with van der Waals surface area (Å²) in [7, 11) is 0. The molecule has 19 heavy (non-hydrogen) atoms. The quantitative estimate of drug-likeness (QED) is 0.498. The Bertz CT molecular complexity index is 517. The summed E-state index contributed by atoms with van der Waals surface area (Å²) in [5.41, 5.74) is 0.511. The van der Waals surface area contributed by atoms with Crippen LogP contribution in [0, 0.1) is 11.3 Å². The van der Waals surface area contributed by atoms with Crippen molar-refractivity contribution in [1.29, 1.82) is 5.26 Å². The molecule has 1 aromatic carbocycles. The molecule has 0 unspecified atom stereocenters. The van der Waals surface area contributed by atoms with Gasteiger partial charge in [0.15, 0.2) is 0 Å². The maximum Gasteiger partial charge on any atom is 0.263 e. The van der Waals surface area contributed by atoms with Crippen LogP contribution < -0.4 is 10.6 Å². The van der Waals surface area contributed by atoms with Crippen LogP contribution in [0.25, 0.3) is 0 Å². The zero-order valence-electron chi connectivity index (χ0n) is 9.71. The first-order valence-electron chi connectivity index (χ1n) is 5.24. The first kappa shape index (κ1) is 15.6. The fraction of sp³-hybridized carbons (Fsp3) is 0.167. The van der Waals surface area contributed by atoms with E-state index in [-0.39, 0.29) is 11.5 Å². The molecule has 0 radical (unpaired) electrons. The number of nitriles is 1. The van der Waals surface area contributed by atoms with Crippen LogP contribution in [-0.2, 0) is 4.79 Å². The topological polar surface area (TPSA) is 64.9 Å². The summed E-state index contributed by atoms with van der Waals surface area (Å²) < 4.78 is 0.